The van der Waals surface area contributed by atoms with Crippen LogP contribution in [-0.4, -0.2) is 49.7 Å². The van der Waals surface area contributed by atoms with Crippen molar-refractivity contribution in [3.8, 4) is 11.4 Å². The number of nitrogens with one attached hydrogen (secondary N) is 2. The monoisotopic (exact) mass is 744 g/mol. The summed E-state index contributed by atoms with van der Waals surface area (Å²) >= 11 is 1.21. The first kappa shape index (κ1) is 38.2. The number of benzene rings is 4. The molecule has 0 aliphatic carbocycles. The normalized spacial score (nSPS) is 15.4. The third-order valence-electron chi connectivity index (χ3n) is 10.1. The Balaban J connectivity index is 1.09. The van der Waals surface area contributed by atoms with Gasteiger partial charge < -0.3 is 10.1 Å². The summed E-state index contributed by atoms with van der Waals surface area (Å²) in [6, 6.07) is 32.6. The Hall–Kier alpha value is -5.49. The van der Waals surface area contributed by atoms with Crippen molar-refractivity contribution in [3.05, 3.63) is 114 Å². The van der Waals surface area contributed by atoms with Gasteiger partial charge in [0.2, 0.25) is 11.1 Å². The third-order valence-corrected chi connectivity index (χ3v) is 11.2. The number of hydrazine groups is 1. The second-order valence-corrected chi connectivity index (χ2v) is 15.6. The van der Waals surface area contributed by atoms with Gasteiger partial charge in [0, 0.05) is 17.7 Å². The van der Waals surface area contributed by atoms with Crippen molar-refractivity contribution in [2.75, 3.05) is 16.9 Å². The number of thioether (sulfide) groups is 1. The maximum absolute atomic E-state index is 14.0. The quantitative estimate of drug-likeness (QED) is 0.102. The molecule has 0 radical (unpaired) electrons. The van der Waals surface area contributed by atoms with Crippen molar-refractivity contribution in [1.82, 2.24) is 25.6 Å². The first-order valence-corrected chi connectivity index (χ1v) is 19.3. The van der Waals surface area contributed by atoms with Gasteiger partial charge in [0.1, 0.15) is 11.6 Å². The number of carbonyl (C=O) groups is 2. The number of nitrogens with zero attached hydrogens (tertiary/aromatic N) is 6. The first-order valence-electron chi connectivity index (χ1n) is 18.4. The second kappa shape index (κ2) is 16.7. The number of hydrogen-bond donors (Lipinski definition) is 2. The minimum atomic E-state index is -0.745. The molecule has 1 aliphatic heterocycles. The fraction of sp³-hybridized carbons (Fsp3) is 0.333. The van der Waals surface area contributed by atoms with Crippen LogP contribution >= 0.6 is 11.8 Å². The number of carbonyl (C=O) groups excluding carboxylic acids is 2. The Labute approximate surface area is 321 Å². The van der Waals surface area contributed by atoms with Crippen LogP contribution in [0, 0.1) is 0 Å². The van der Waals surface area contributed by atoms with Crippen LogP contribution in [-0.2, 0) is 20.4 Å². The molecule has 0 spiro atoms. The van der Waals surface area contributed by atoms with Crippen molar-refractivity contribution in [2.45, 2.75) is 88.5 Å². The minimum absolute atomic E-state index is 0.0370. The van der Waals surface area contributed by atoms with Crippen molar-refractivity contribution in [1.29, 1.82) is 0 Å². The SMILES string of the molecule is CCC(C)(C)c1ccc(OCCCC(=O)Nc2ccc(N3NC(=Nc4ccccc4)[C@@H](Sc4nnnn4-c4ccccc4)C3=O)cc2)c(C(C)(C)CC)c1. The average molecular weight is 745 g/mol. The summed E-state index contributed by atoms with van der Waals surface area (Å²) in [4.78, 5) is 31.7. The molecule has 2 heterocycles. The molecule has 2 amide bonds. The summed E-state index contributed by atoms with van der Waals surface area (Å²) in [6.07, 6.45) is 2.91. The fourth-order valence-corrected chi connectivity index (χ4v) is 6.87. The van der Waals surface area contributed by atoms with E-state index in [0.717, 1.165) is 24.3 Å². The molecule has 1 saturated heterocycles. The van der Waals surface area contributed by atoms with E-state index in [9.17, 15) is 9.59 Å². The van der Waals surface area contributed by atoms with Crippen molar-refractivity contribution in [3.63, 3.8) is 0 Å². The predicted octanol–water partition coefficient (Wildman–Crippen LogP) is 8.58. The molecule has 54 heavy (non-hydrogen) atoms. The van der Waals surface area contributed by atoms with Gasteiger partial charge in [-0.2, -0.15) is 4.68 Å². The highest BCUT2D eigenvalue weighted by Gasteiger charge is 2.40. The third kappa shape index (κ3) is 8.82. The lowest BCUT2D eigenvalue weighted by atomic mass is 9.76. The average Bonchev–Trinajstić information content (AvgIpc) is 3.78. The minimum Gasteiger partial charge on any atom is -0.493 e. The standard InChI is InChI=1S/C42H48N8O3S/c1-7-41(3,4)29-21-26-35(34(28-29)42(5,6)8-2)53-27-15-20-36(51)43-31-22-24-33(25-23-31)49-39(52)37(38(46-49)44-30-16-11-9-12-17-30)54-40-45-47-48-50(40)32-18-13-10-14-19-32/h9-14,16-19,21-26,28,37H,7-8,15,20,27H2,1-6H3,(H,43,51)(H,44,46)/t37-/m1/s1. The molecule has 0 saturated carbocycles. The number of para-hydroxylation sites is 2. The molecule has 280 valence electrons. The van der Waals surface area contributed by atoms with Crippen molar-refractivity contribution in [2.24, 2.45) is 4.99 Å². The van der Waals surface area contributed by atoms with Gasteiger partial charge in [0.15, 0.2) is 5.25 Å². The lowest BCUT2D eigenvalue weighted by Gasteiger charge is -2.30. The molecule has 1 atom stereocenters. The molecule has 1 fully saturated rings. The van der Waals surface area contributed by atoms with Crippen LogP contribution in [0.2, 0.25) is 0 Å². The number of tetrazole rings is 1. The van der Waals surface area contributed by atoms with Gasteiger partial charge >= 0.3 is 0 Å². The zero-order chi connectivity index (χ0) is 38.3. The number of hydrogen-bond acceptors (Lipinski definition) is 8. The molecule has 6 rings (SSSR count). The number of amides is 2. The van der Waals surface area contributed by atoms with Gasteiger partial charge in [-0.3, -0.25) is 15.0 Å². The zero-order valence-corrected chi connectivity index (χ0v) is 32.6. The van der Waals surface area contributed by atoms with E-state index in [4.69, 9.17) is 9.73 Å². The molecule has 0 bridgehead atoms. The summed E-state index contributed by atoms with van der Waals surface area (Å²) in [7, 11) is 0. The molecule has 1 aliphatic rings. The summed E-state index contributed by atoms with van der Waals surface area (Å²) in [6.45, 7) is 13.9. The van der Waals surface area contributed by atoms with E-state index in [1.165, 1.54) is 27.9 Å². The molecule has 5 aromatic rings. The van der Waals surface area contributed by atoms with E-state index in [0.29, 0.717) is 47.5 Å². The van der Waals surface area contributed by atoms with Crippen LogP contribution < -0.4 is 20.5 Å². The summed E-state index contributed by atoms with van der Waals surface area (Å²) in [5, 5.41) is 16.4. The van der Waals surface area contributed by atoms with Crippen LogP contribution in [0.3, 0.4) is 0 Å². The Morgan fingerprint density at radius 3 is 2.26 bits per heavy atom. The van der Waals surface area contributed by atoms with Gasteiger partial charge in [-0.15, -0.1) is 5.10 Å². The number of amidine groups is 1. The van der Waals surface area contributed by atoms with E-state index in [2.05, 4.69) is 86.0 Å². The van der Waals surface area contributed by atoms with E-state index >= 15 is 0 Å². The van der Waals surface area contributed by atoms with Crippen LogP contribution in [0.4, 0.5) is 17.1 Å². The van der Waals surface area contributed by atoms with Gasteiger partial charge in [-0.25, -0.2) is 10.0 Å². The van der Waals surface area contributed by atoms with Crippen LogP contribution in [0.15, 0.2) is 113 Å². The first-order chi connectivity index (χ1) is 26.0. The number of anilines is 2. The Kier molecular flexibility index (Phi) is 11.8. The second-order valence-electron chi connectivity index (χ2n) is 14.6. The maximum atomic E-state index is 14.0. The smallest absolute Gasteiger partial charge is 0.267 e. The van der Waals surface area contributed by atoms with E-state index in [-0.39, 0.29) is 22.6 Å². The van der Waals surface area contributed by atoms with Crippen LogP contribution in [0.25, 0.3) is 5.69 Å². The highest BCUT2D eigenvalue weighted by Crippen LogP contribution is 2.39. The number of aliphatic imine (C=N–C) groups is 1. The Bertz CT molecular complexity index is 2080. The number of rotatable bonds is 15. The highest BCUT2D eigenvalue weighted by molar-refractivity contribution is 8.01. The lowest BCUT2D eigenvalue weighted by Crippen LogP contribution is -2.35. The predicted molar refractivity (Wildman–Crippen MR) is 216 cm³/mol. The lowest BCUT2D eigenvalue weighted by molar-refractivity contribution is -0.117. The van der Waals surface area contributed by atoms with Crippen molar-refractivity contribution < 1.29 is 14.3 Å². The van der Waals surface area contributed by atoms with Gasteiger partial charge in [0.05, 0.1) is 23.7 Å². The number of aromatic nitrogens is 4. The van der Waals surface area contributed by atoms with Crippen LogP contribution in [0.5, 0.6) is 5.75 Å². The fourth-order valence-electron chi connectivity index (χ4n) is 5.91. The topological polar surface area (TPSA) is 127 Å². The molecule has 0 unspecified atom stereocenters. The molecule has 1 aromatic heterocycles. The molecule has 11 nitrogen and oxygen atoms in total. The van der Waals surface area contributed by atoms with Crippen molar-refractivity contribution >= 4 is 46.5 Å². The molecule has 12 heteroatoms. The zero-order valence-electron chi connectivity index (χ0n) is 31.7. The summed E-state index contributed by atoms with van der Waals surface area (Å²) < 4.78 is 7.88. The maximum Gasteiger partial charge on any atom is 0.267 e. The number of ether oxygens (including phenoxy) is 1. The van der Waals surface area contributed by atoms with Gasteiger partial charge in [0.25, 0.3) is 5.91 Å². The summed E-state index contributed by atoms with van der Waals surface area (Å²) in [5.41, 5.74) is 8.46. The molecule has 4 aromatic carbocycles. The Morgan fingerprint density at radius 1 is 0.889 bits per heavy atom. The highest BCUT2D eigenvalue weighted by atomic mass is 32.2. The molecule has 2 N–H and O–H groups in total. The van der Waals surface area contributed by atoms with Gasteiger partial charge in [-0.1, -0.05) is 102 Å². The largest absolute Gasteiger partial charge is 0.493 e. The Morgan fingerprint density at radius 2 is 1.57 bits per heavy atom. The van der Waals surface area contributed by atoms with Crippen LogP contribution in [0.1, 0.15) is 78.4 Å². The summed E-state index contributed by atoms with van der Waals surface area (Å²) in [5.74, 6) is 0.986. The van der Waals surface area contributed by atoms with E-state index in [1.54, 1.807) is 28.9 Å². The van der Waals surface area contributed by atoms with E-state index < -0.39 is 5.25 Å². The molecular weight excluding hydrogens is 697 g/mol. The molecular formula is C42H48N8O3S. The van der Waals surface area contributed by atoms with Gasteiger partial charge in [-0.05, 0) is 101 Å². The van der Waals surface area contributed by atoms with E-state index in [1.807, 2.05) is 60.7 Å².